The van der Waals surface area contributed by atoms with Crippen LogP contribution in [-0.4, -0.2) is 41.9 Å². The fraction of sp³-hybridized carbons (Fsp3) is 0.333. The van der Waals surface area contributed by atoms with Gasteiger partial charge in [-0.25, -0.2) is 4.79 Å². The number of carboxylic acids is 1. The summed E-state index contributed by atoms with van der Waals surface area (Å²) >= 11 is 0. The van der Waals surface area contributed by atoms with E-state index in [0.717, 1.165) is 12.8 Å². The van der Waals surface area contributed by atoms with Gasteiger partial charge in [-0.1, -0.05) is 37.6 Å². The number of benzene rings is 1. The van der Waals surface area contributed by atoms with Gasteiger partial charge in [0.25, 0.3) is 5.56 Å². The van der Waals surface area contributed by atoms with Crippen LogP contribution in [0.15, 0.2) is 29.1 Å². The van der Waals surface area contributed by atoms with Crippen molar-refractivity contribution in [3.8, 4) is 11.3 Å². The zero-order valence-corrected chi connectivity index (χ0v) is 14.1. The van der Waals surface area contributed by atoms with Gasteiger partial charge >= 0.3 is 5.97 Å². The number of rotatable bonds is 5. The van der Waals surface area contributed by atoms with Crippen LogP contribution in [0.4, 0.5) is 0 Å². The lowest BCUT2D eigenvalue weighted by Crippen LogP contribution is -2.29. The fourth-order valence-corrected chi connectivity index (χ4v) is 3.66. The Morgan fingerprint density at radius 3 is 2.85 bits per heavy atom. The second-order valence-electron chi connectivity index (χ2n) is 6.44. The van der Waals surface area contributed by atoms with Crippen LogP contribution in [0.3, 0.4) is 0 Å². The second-order valence-corrected chi connectivity index (χ2v) is 6.44. The summed E-state index contributed by atoms with van der Waals surface area (Å²) in [5, 5.41) is 28.0. The van der Waals surface area contributed by atoms with Gasteiger partial charge in [0.2, 0.25) is 5.65 Å². The molecule has 26 heavy (non-hydrogen) atoms. The first-order valence-electron chi connectivity index (χ1n) is 8.55. The number of aromatic amines is 1. The predicted molar refractivity (Wildman–Crippen MR) is 93.1 cm³/mol. The summed E-state index contributed by atoms with van der Waals surface area (Å²) in [5.74, 6) is -1.53. The Hall–Kier alpha value is -3.00. The first-order chi connectivity index (χ1) is 12.5. The molecule has 1 aliphatic carbocycles. The zero-order valence-electron chi connectivity index (χ0n) is 14.1. The molecule has 8 heteroatoms. The van der Waals surface area contributed by atoms with E-state index >= 15 is 0 Å². The molecule has 0 spiro atoms. The summed E-state index contributed by atoms with van der Waals surface area (Å²) in [6, 6.07) is 7.17. The number of nitrogens with one attached hydrogen (secondary N) is 1. The van der Waals surface area contributed by atoms with Gasteiger partial charge in [0.05, 0.1) is 17.3 Å². The van der Waals surface area contributed by atoms with Gasteiger partial charge in [0, 0.05) is 12.0 Å². The molecule has 1 aliphatic rings. The first-order valence-corrected chi connectivity index (χ1v) is 8.55. The number of fused-ring (bicyclic) bond motifs is 5. The molecule has 2 unspecified atom stereocenters. The van der Waals surface area contributed by atoms with E-state index in [1.807, 2.05) is 13.0 Å². The molecule has 2 heterocycles. The number of carbonyl (C=O) groups is 1. The zero-order chi connectivity index (χ0) is 18.4. The third kappa shape index (κ3) is 2.26. The van der Waals surface area contributed by atoms with Crippen molar-refractivity contribution in [2.24, 2.45) is 0 Å². The van der Waals surface area contributed by atoms with Gasteiger partial charge in [0.15, 0.2) is 6.10 Å². The van der Waals surface area contributed by atoms with E-state index in [0.29, 0.717) is 34.8 Å². The Morgan fingerprint density at radius 1 is 1.35 bits per heavy atom. The maximum atomic E-state index is 12.5. The van der Waals surface area contributed by atoms with Gasteiger partial charge in [-0.05, 0) is 12.0 Å². The van der Waals surface area contributed by atoms with Gasteiger partial charge in [0.1, 0.15) is 5.82 Å². The van der Waals surface area contributed by atoms with Crippen LogP contribution < -0.4 is 5.56 Å². The number of aryl methyl sites for hydroxylation is 1. The minimum Gasteiger partial charge on any atom is -0.479 e. The average molecular weight is 354 g/mol. The predicted octanol–water partition coefficient (Wildman–Crippen LogP) is 1.32. The largest absolute Gasteiger partial charge is 0.479 e. The maximum Gasteiger partial charge on any atom is 0.333 e. The molecule has 4 rings (SSSR count). The molecule has 0 saturated carbocycles. The smallest absolute Gasteiger partial charge is 0.333 e. The Kier molecular flexibility index (Phi) is 3.84. The number of aromatic nitrogens is 4. The lowest BCUT2D eigenvalue weighted by atomic mass is 9.94. The second kappa shape index (κ2) is 6.06. The van der Waals surface area contributed by atoms with Gasteiger partial charge in [-0.2, -0.15) is 0 Å². The van der Waals surface area contributed by atoms with Crippen molar-refractivity contribution in [2.45, 2.75) is 38.2 Å². The van der Waals surface area contributed by atoms with Crippen LogP contribution >= 0.6 is 0 Å². The summed E-state index contributed by atoms with van der Waals surface area (Å²) in [5.41, 5.74) is 2.13. The van der Waals surface area contributed by atoms with Crippen molar-refractivity contribution in [3.05, 3.63) is 51.7 Å². The summed E-state index contributed by atoms with van der Waals surface area (Å²) in [6.07, 6.45) is 0.774. The lowest BCUT2D eigenvalue weighted by molar-refractivity contribution is -0.147. The highest BCUT2D eigenvalue weighted by molar-refractivity contribution is 5.82. The molecule has 0 fully saturated rings. The Morgan fingerprint density at radius 2 is 2.12 bits per heavy atom. The quantitative estimate of drug-likeness (QED) is 0.635. The van der Waals surface area contributed by atoms with Gasteiger partial charge in [-0.3, -0.25) is 9.20 Å². The van der Waals surface area contributed by atoms with E-state index in [1.165, 1.54) is 0 Å². The number of unbranched alkanes of at least 4 members (excludes halogenated alkanes) is 1. The highest BCUT2D eigenvalue weighted by atomic mass is 16.4. The van der Waals surface area contributed by atoms with Crippen LogP contribution in [0.1, 0.15) is 42.8 Å². The van der Waals surface area contributed by atoms with Crippen LogP contribution in [0, 0.1) is 0 Å². The summed E-state index contributed by atoms with van der Waals surface area (Å²) in [7, 11) is 0. The van der Waals surface area contributed by atoms with Crippen LogP contribution in [0.2, 0.25) is 0 Å². The Balaban J connectivity index is 2.06. The van der Waals surface area contributed by atoms with Crippen molar-refractivity contribution in [2.75, 3.05) is 0 Å². The number of carboxylic acid groups (broad SMARTS) is 1. The molecular formula is C18H18N4O4. The molecule has 3 aromatic rings. The van der Waals surface area contributed by atoms with Gasteiger partial charge in [-0.15, -0.1) is 10.2 Å². The van der Waals surface area contributed by atoms with E-state index in [-0.39, 0.29) is 11.2 Å². The lowest BCUT2D eigenvalue weighted by Gasteiger charge is -2.18. The van der Waals surface area contributed by atoms with E-state index < -0.39 is 18.0 Å². The van der Waals surface area contributed by atoms with Crippen molar-refractivity contribution < 1.29 is 15.0 Å². The van der Waals surface area contributed by atoms with Crippen molar-refractivity contribution >= 4 is 11.6 Å². The van der Waals surface area contributed by atoms with E-state index in [9.17, 15) is 19.8 Å². The molecule has 3 N–H and O–H groups in total. The van der Waals surface area contributed by atoms with Gasteiger partial charge < -0.3 is 15.2 Å². The fourth-order valence-electron chi connectivity index (χ4n) is 3.66. The van der Waals surface area contributed by atoms with Crippen molar-refractivity contribution in [1.82, 2.24) is 19.6 Å². The summed E-state index contributed by atoms with van der Waals surface area (Å²) < 4.78 is 1.63. The highest BCUT2D eigenvalue weighted by Gasteiger charge is 2.40. The van der Waals surface area contributed by atoms with Crippen molar-refractivity contribution in [1.29, 1.82) is 0 Å². The molecule has 2 atom stereocenters. The number of H-pyrrole nitrogens is 1. The number of nitrogens with zero attached hydrogens (tertiary/aromatic N) is 3. The monoisotopic (exact) mass is 354 g/mol. The number of aliphatic hydroxyl groups excluding tert-OH is 1. The highest BCUT2D eigenvalue weighted by Crippen LogP contribution is 2.45. The Labute approximate surface area is 148 Å². The third-order valence-electron chi connectivity index (χ3n) is 4.85. The average Bonchev–Trinajstić information content (AvgIpc) is 3.19. The third-order valence-corrected chi connectivity index (χ3v) is 4.85. The van der Waals surface area contributed by atoms with E-state index in [4.69, 9.17) is 0 Å². The molecule has 0 saturated heterocycles. The molecule has 134 valence electrons. The number of hydrogen-bond acceptors (Lipinski definition) is 5. The molecule has 1 aromatic carbocycles. The molecule has 8 nitrogen and oxygen atoms in total. The first kappa shape index (κ1) is 16.5. The minimum atomic E-state index is -1.65. The number of aliphatic hydroxyl groups is 1. The van der Waals surface area contributed by atoms with Crippen LogP contribution in [-0.2, 0) is 11.2 Å². The van der Waals surface area contributed by atoms with E-state index in [1.54, 1.807) is 22.6 Å². The molecule has 2 aromatic heterocycles. The maximum absolute atomic E-state index is 12.5. The van der Waals surface area contributed by atoms with Crippen LogP contribution in [0.25, 0.3) is 16.9 Å². The van der Waals surface area contributed by atoms with Crippen LogP contribution in [0.5, 0.6) is 0 Å². The molecule has 0 bridgehead atoms. The number of hydrogen-bond donors (Lipinski definition) is 3. The topological polar surface area (TPSA) is 121 Å². The van der Waals surface area contributed by atoms with E-state index in [2.05, 4.69) is 15.2 Å². The summed E-state index contributed by atoms with van der Waals surface area (Å²) in [4.78, 5) is 26.8. The summed E-state index contributed by atoms with van der Waals surface area (Å²) in [6.45, 7) is 2.05. The SMILES string of the molecule is CCCCc1nnc2c(=O)[nH]c3c(n12)C(C(O)C(=O)O)c1ccccc1-3. The number of aliphatic carboxylic acids is 1. The standard InChI is InChI=1S/C18H18N4O4/c1-2-3-8-11-20-21-16-17(24)19-13-10-7-5-4-6-9(10)12(14(13)22(11)16)15(23)18(25)26/h4-7,12,15,23H,2-3,8H2,1H3,(H,19,24)(H,25,26). The molecule has 0 radical (unpaired) electrons. The molecule has 0 amide bonds. The minimum absolute atomic E-state index is 0.116. The Bertz CT molecular complexity index is 1070. The normalized spacial score (nSPS) is 16.5. The molecular weight excluding hydrogens is 336 g/mol. The van der Waals surface area contributed by atoms with Crippen molar-refractivity contribution in [3.63, 3.8) is 0 Å². The molecule has 0 aliphatic heterocycles.